The van der Waals surface area contributed by atoms with Gasteiger partial charge in [0.2, 0.25) is 0 Å². The summed E-state index contributed by atoms with van der Waals surface area (Å²) in [7, 11) is 0. The van der Waals surface area contributed by atoms with Gasteiger partial charge in [-0.15, -0.1) is 0 Å². The zero-order valence-corrected chi connectivity index (χ0v) is 10.9. The summed E-state index contributed by atoms with van der Waals surface area (Å²) in [5, 5.41) is 3.39. The molecule has 2 heterocycles. The lowest BCUT2D eigenvalue weighted by atomic mass is 10.0. The fourth-order valence-corrected chi connectivity index (χ4v) is 2.27. The zero-order valence-electron chi connectivity index (χ0n) is 10.9. The van der Waals surface area contributed by atoms with Crippen molar-refractivity contribution in [1.82, 2.24) is 10.2 Å². The van der Waals surface area contributed by atoms with Crippen LogP contribution in [0.25, 0.3) is 0 Å². The molecule has 2 saturated heterocycles. The van der Waals surface area contributed by atoms with Gasteiger partial charge in [-0.25, -0.2) is 4.79 Å². The van der Waals surface area contributed by atoms with Gasteiger partial charge in [-0.05, 0) is 27.2 Å². The van der Waals surface area contributed by atoms with E-state index in [1.807, 2.05) is 20.8 Å². The molecule has 5 heteroatoms. The highest BCUT2D eigenvalue weighted by atomic mass is 16.6. The van der Waals surface area contributed by atoms with Gasteiger partial charge in [0.15, 0.2) is 0 Å². The summed E-state index contributed by atoms with van der Waals surface area (Å²) < 4.78 is 11.0. The predicted octanol–water partition coefficient (Wildman–Crippen LogP) is 0.984. The summed E-state index contributed by atoms with van der Waals surface area (Å²) in [5.74, 6) is 0. The molecule has 0 radical (unpaired) electrons. The Hall–Kier alpha value is -0.810. The lowest BCUT2D eigenvalue weighted by molar-refractivity contribution is -0.0484. The molecule has 2 rings (SSSR count). The number of likely N-dealkylation sites (tertiary alicyclic amines) is 1. The Bertz CT molecular complexity index is 288. The minimum Gasteiger partial charge on any atom is -0.444 e. The third-order valence-corrected chi connectivity index (χ3v) is 3.04. The highest BCUT2D eigenvalue weighted by molar-refractivity contribution is 5.68. The summed E-state index contributed by atoms with van der Waals surface area (Å²) in [6.45, 7) is 8.70. The Labute approximate surface area is 102 Å². The van der Waals surface area contributed by atoms with Gasteiger partial charge >= 0.3 is 6.09 Å². The molecule has 0 bridgehead atoms. The molecular weight excluding hydrogens is 220 g/mol. The van der Waals surface area contributed by atoms with Crippen molar-refractivity contribution in [2.45, 2.75) is 44.9 Å². The minimum absolute atomic E-state index is 0.219. The van der Waals surface area contributed by atoms with Gasteiger partial charge in [-0.3, -0.25) is 0 Å². The molecule has 98 valence electrons. The molecule has 0 saturated carbocycles. The van der Waals surface area contributed by atoms with Crippen LogP contribution in [-0.4, -0.2) is 55.0 Å². The van der Waals surface area contributed by atoms with Crippen molar-refractivity contribution in [2.24, 2.45) is 0 Å². The first-order valence-corrected chi connectivity index (χ1v) is 6.28. The van der Waals surface area contributed by atoms with E-state index in [0.717, 1.165) is 26.1 Å². The summed E-state index contributed by atoms with van der Waals surface area (Å²) in [6.07, 6.45) is 0.919. The standard InChI is InChI=1S/C12H22N2O3/c1-12(2,3)17-11(15)14-6-4-10-9(8-14)13-5-7-16-10/h9-10,13H,4-8H2,1-3H3/t9-,10-/m0/s1. The number of hydrogen-bond acceptors (Lipinski definition) is 4. The van der Waals surface area contributed by atoms with Crippen LogP contribution in [0.5, 0.6) is 0 Å². The second kappa shape index (κ2) is 4.82. The highest BCUT2D eigenvalue weighted by Gasteiger charge is 2.35. The average Bonchev–Trinajstić information content (AvgIpc) is 2.26. The molecule has 0 aromatic rings. The van der Waals surface area contributed by atoms with Crippen LogP contribution in [0.2, 0.25) is 0 Å². The first-order chi connectivity index (χ1) is 7.96. The molecular formula is C12H22N2O3. The summed E-state index contributed by atoms with van der Waals surface area (Å²) >= 11 is 0. The van der Waals surface area contributed by atoms with Gasteiger partial charge in [0, 0.05) is 19.6 Å². The first kappa shape index (κ1) is 12.6. The molecule has 0 aliphatic carbocycles. The fraction of sp³-hybridized carbons (Fsp3) is 0.917. The Balaban J connectivity index is 1.89. The van der Waals surface area contributed by atoms with E-state index < -0.39 is 5.60 Å². The number of carbonyl (C=O) groups is 1. The van der Waals surface area contributed by atoms with Crippen molar-refractivity contribution in [1.29, 1.82) is 0 Å². The Kier molecular flexibility index (Phi) is 3.58. The molecule has 2 aliphatic rings. The monoisotopic (exact) mass is 242 g/mol. The van der Waals surface area contributed by atoms with E-state index in [4.69, 9.17) is 9.47 Å². The molecule has 2 atom stereocenters. The molecule has 0 unspecified atom stereocenters. The van der Waals surface area contributed by atoms with Gasteiger partial charge < -0.3 is 19.7 Å². The van der Waals surface area contributed by atoms with Gasteiger partial charge in [0.05, 0.1) is 18.8 Å². The van der Waals surface area contributed by atoms with Crippen LogP contribution < -0.4 is 5.32 Å². The van der Waals surface area contributed by atoms with Crippen LogP contribution in [0.4, 0.5) is 4.79 Å². The number of nitrogens with one attached hydrogen (secondary N) is 1. The van der Waals surface area contributed by atoms with Gasteiger partial charge in [0.1, 0.15) is 5.60 Å². The van der Waals surface area contributed by atoms with Crippen molar-refractivity contribution in [3.05, 3.63) is 0 Å². The number of nitrogens with zero attached hydrogens (tertiary/aromatic N) is 1. The van der Waals surface area contributed by atoms with Crippen LogP contribution >= 0.6 is 0 Å². The molecule has 0 aromatic heterocycles. The Morgan fingerprint density at radius 3 is 2.94 bits per heavy atom. The Morgan fingerprint density at radius 1 is 1.47 bits per heavy atom. The van der Waals surface area contributed by atoms with Crippen LogP contribution in [0.3, 0.4) is 0 Å². The summed E-state index contributed by atoms with van der Waals surface area (Å²) in [4.78, 5) is 13.7. The lowest BCUT2D eigenvalue weighted by Crippen LogP contribution is -2.59. The number of fused-ring (bicyclic) bond motifs is 1. The molecule has 1 N–H and O–H groups in total. The molecule has 0 aromatic carbocycles. The van der Waals surface area contributed by atoms with Crippen LogP contribution in [-0.2, 0) is 9.47 Å². The van der Waals surface area contributed by atoms with Gasteiger partial charge in [-0.1, -0.05) is 0 Å². The van der Waals surface area contributed by atoms with E-state index in [0.29, 0.717) is 6.54 Å². The molecule has 5 nitrogen and oxygen atoms in total. The minimum atomic E-state index is -0.426. The average molecular weight is 242 g/mol. The molecule has 1 amide bonds. The first-order valence-electron chi connectivity index (χ1n) is 6.28. The number of hydrogen-bond donors (Lipinski definition) is 1. The van der Waals surface area contributed by atoms with Crippen LogP contribution in [0, 0.1) is 0 Å². The van der Waals surface area contributed by atoms with E-state index in [1.165, 1.54) is 0 Å². The van der Waals surface area contributed by atoms with Gasteiger partial charge in [0.25, 0.3) is 0 Å². The maximum absolute atomic E-state index is 11.9. The van der Waals surface area contributed by atoms with Crippen LogP contribution in [0.1, 0.15) is 27.2 Å². The predicted molar refractivity (Wildman–Crippen MR) is 64.0 cm³/mol. The smallest absolute Gasteiger partial charge is 0.410 e. The zero-order chi connectivity index (χ0) is 12.5. The quantitative estimate of drug-likeness (QED) is 0.688. The van der Waals surface area contributed by atoms with Crippen molar-refractivity contribution >= 4 is 6.09 Å². The SMILES string of the molecule is CC(C)(C)OC(=O)N1CC[C@@H]2OCCN[C@H]2C1. The number of ether oxygens (including phenoxy) is 2. The molecule has 2 fully saturated rings. The third-order valence-electron chi connectivity index (χ3n) is 3.04. The summed E-state index contributed by atoms with van der Waals surface area (Å²) in [5.41, 5.74) is -0.426. The number of amides is 1. The number of piperidine rings is 1. The summed E-state index contributed by atoms with van der Waals surface area (Å²) in [6, 6.07) is 0.255. The third kappa shape index (κ3) is 3.33. The second-order valence-electron chi connectivity index (χ2n) is 5.68. The Morgan fingerprint density at radius 2 is 2.24 bits per heavy atom. The van der Waals surface area contributed by atoms with Crippen molar-refractivity contribution in [3.8, 4) is 0 Å². The van der Waals surface area contributed by atoms with E-state index in [2.05, 4.69) is 5.32 Å². The fourth-order valence-electron chi connectivity index (χ4n) is 2.27. The van der Waals surface area contributed by atoms with Crippen molar-refractivity contribution in [2.75, 3.05) is 26.2 Å². The lowest BCUT2D eigenvalue weighted by Gasteiger charge is -2.41. The van der Waals surface area contributed by atoms with Crippen molar-refractivity contribution < 1.29 is 14.3 Å². The largest absolute Gasteiger partial charge is 0.444 e. The van der Waals surface area contributed by atoms with Gasteiger partial charge in [-0.2, -0.15) is 0 Å². The molecule has 0 spiro atoms. The topological polar surface area (TPSA) is 50.8 Å². The maximum Gasteiger partial charge on any atom is 0.410 e. The number of morpholine rings is 1. The van der Waals surface area contributed by atoms with Crippen LogP contribution in [0.15, 0.2) is 0 Å². The second-order valence-corrected chi connectivity index (χ2v) is 5.68. The van der Waals surface area contributed by atoms with E-state index in [1.54, 1.807) is 4.90 Å². The highest BCUT2D eigenvalue weighted by Crippen LogP contribution is 2.19. The molecule has 17 heavy (non-hydrogen) atoms. The van der Waals surface area contributed by atoms with E-state index in [-0.39, 0.29) is 18.2 Å². The normalized spacial score (nSPS) is 29.7. The molecule has 2 aliphatic heterocycles. The number of rotatable bonds is 0. The van der Waals surface area contributed by atoms with E-state index in [9.17, 15) is 4.79 Å². The maximum atomic E-state index is 11.9. The van der Waals surface area contributed by atoms with E-state index >= 15 is 0 Å². The van der Waals surface area contributed by atoms with Crippen molar-refractivity contribution in [3.63, 3.8) is 0 Å². The number of carbonyl (C=O) groups excluding carboxylic acids is 1.